The molecule has 1 saturated heterocycles. The summed E-state index contributed by atoms with van der Waals surface area (Å²) >= 11 is 1.64. The van der Waals surface area contributed by atoms with Crippen LogP contribution in [0.1, 0.15) is 17.5 Å². The second-order valence-electron chi connectivity index (χ2n) is 5.25. The molecule has 0 saturated carbocycles. The van der Waals surface area contributed by atoms with E-state index in [9.17, 15) is 9.59 Å². The van der Waals surface area contributed by atoms with E-state index < -0.39 is 5.97 Å². The number of urea groups is 1. The number of thiophene rings is 1. The maximum Gasteiger partial charge on any atom is 0.317 e. The van der Waals surface area contributed by atoms with E-state index in [0.717, 1.165) is 18.5 Å². The highest BCUT2D eigenvalue weighted by Crippen LogP contribution is 2.13. The molecule has 0 spiro atoms. The molecule has 0 aliphatic carbocycles. The average Bonchev–Trinajstić information content (AvgIpc) is 2.70. The van der Waals surface area contributed by atoms with Gasteiger partial charge in [-0.1, -0.05) is 0 Å². The molecule has 6 nitrogen and oxygen atoms in total. The molecule has 7 heteroatoms. The molecule has 1 aromatic heterocycles. The van der Waals surface area contributed by atoms with Crippen molar-refractivity contribution in [3.05, 3.63) is 21.9 Å². The van der Waals surface area contributed by atoms with Crippen molar-refractivity contribution in [1.29, 1.82) is 0 Å². The Morgan fingerprint density at radius 2 is 2.10 bits per heavy atom. The molecular formula is C14H21N3O3S. The van der Waals surface area contributed by atoms with Crippen molar-refractivity contribution < 1.29 is 14.7 Å². The molecule has 2 N–H and O–H groups in total. The van der Waals surface area contributed by atoms with Crippen LogP contribution >= 0.6 is 11.3 Å². The summed E-state index contributed by atoms with van der Waals surface area (Å²) in [4.78, 5) is 26.5. The van der Waals surface area contributed by atoms with Gasteiger partial charge in [-0.3, -0.25) is 9.69 Å². The number of hydrogen-bond donors (Lipinski definition) is 2. The Hall–Kier alpha value is -1.60. The van der Waals surface area contributed by atoms with Crippen molar-refractivity contribution in [3.8, 4) is 0 Å². The van der Waals surface area contributed by atoms with E-state index in [0.29, 0.717) is 26.2 Å². The standard InChI is InChI=1S/C14H21N3O3S/c1-11-9-21-10-12(11)7-15-14(20)17-4-2-3-16(5-6-17)8-13(18)19/h9-10H,2-8H2,1H3,(H,15,20)(H,18,19). The molecule has 0 aromatic carbocycles. The molecule has 21 heavy (non-hydrogen) atoms. The Kier molecular flexibility index (Phi) is 5.58. The number of carboxylic acid groups (broad SMARTS) is 1. The van der Waals surface area contributed by atoms with Crippen LogP contribution in [0.25, 0.3) is 0 Å². The van der Waals surface area contributed by atoms with E-state index in [2.05, 4.69) is 10.7 Å². The third-order valence-electron chi connectivity index (χ3n) is 3.63. The highest BCUT2D eigenvalue weighted by molar-refractivity contribution is 7.08. The monoisotopic (exact) mass is 311 g/mol. The van der Waals surface area contributed by atoms with Crippen molar-refractivity contribution in [2.45, 2.75) is 19.9 Å². The highest BCUT2D eigenvalue weighted by atomic mass is 32.1. The summed E-state index contributed by atoms with van der Waals surface area (Å²) in [5, 5.41) is 15.9. The zero-order valence-electron chi connectivity index (χ0n) is 12.2. The topological polar surface area (TPSA) is 72.9 Å². The quantitative estimate of drug-likeness (QED) is 0.880. The summed E-state index contributed by atoms with van der Waals surface area (Å²) in [6, 6.07) is -0.0715. The van der Waals surface area contributed by atoms with Crippen LogP contribution < -0.4 is 5.32 Å². The Morgan fingerprint density at radius 1 is 1.29 bits per heavy atom. The molecule has 1 aliphatic heterocycles. The summed E-state index contributed by atoms with van der Waals surface area (Å²) in [5.74, 6) is -0.819. The van der Waals surface area contributed by atoms with Crippen LogP contribution in [-0.4, -0.2) is 59.6 Å². The van der Waals surface area contributed by atoms with Crippen molar-refractivity contribution in [3.63, 3.8) is 0 Å². The van der Waals surface area contributed by atoms with E-state index in [-0.39, 0.29) is 12.6 Å². The fourth-order valence-corrected chi connectivity index (χ4v) is 3.23. The van der Waals surface area contributed by atoms with E-state index in [1.165, 1.54) is 5.56 Å². The smallest absolute Gasteiger partial charge is 0.317 e. The molecule has 0 unspecified atom stereocenters. The lowest BCUT2D eigenvalue weighted by Gasteiger charge is -2.21. The Labute approximate surface area is 128 Å². The Balaban J connectivity index is 1.80. The number of rotatable bonds is 4. The molecular weight excluding hydrogens is 290 g/mol. The summed E-state index contributed by atoms with van der Waals surface area (Å²) in [6.07, 6.45) is 0.804. The third kappa shape index (κ3) is 4.71. The normalized spacial score (nSPS) is 16.5. The number of amides is 2. The fourth-order valence-electron chi connectivity index (χ4n) is 2.37. The summed E-state index contributed by atoms with van der Waals surface area (Å²) in [7, 11) is 0. The van der Waals surface area contributed by atoms with Crippen LogP contribution in [0.5, 0.6) is 0 Å². The van der Waals surface area contributed by atoms with Gasteiger partial charge >= 0.3 is 12.0 Å². The lowest BCUT2D eigenvalue weighted by Crippen LogP contribution is -2.42. The second-order valence-corrected chi connectivity index (χ2v) is 5.99. The van der Waals surface area contributed by atoms with E-state index >= 15 is 0 Å². The van der Waals surface area contributed by atoms with Gasteiger partial charge in [0.2, 0.25) is 0 Å². The molecule has 1 aromatic rings. The molecule has 0 atom stereocenters. The SMILES string of the molecule is Cc1cscc1CNC(=O)N1CCCN(CC(=O)O)CC1. The van der Waals surface area contributed by atoms with Crippen molar-refractivity contribution in [2.24, 2.45) is 0 Å². The fraction of sp³-hybridized carbons (Fsp3) is 0.571. The van der Waals surface area contributed by atoms with Crippen molar-refractivity contribution >= 4 is 23.3 Å². The van der Waals surface area contributed by atoms with Gasteiger partial charge in [0.25, 0.3) is 0 Å². The van der Waals surface area contributed by atoms with Crippen molar-refractivity contribution in [2.75, 3.05) is 32.7 Å². The molecule has 2 amide bonds. The molecule has 1 aliphatic rings. The Morgan fingerprint density at radius 3 is 2.76 bits per heavy atom. The van der Waals surface area contributed by atoms with Crippen LogP contribution in [0.15, 0.2) is 10.8 Å². The van der Waals surface area contributed by atoms with Gasteiger partial charge in [0, 0.05) is 32.7 Å². The van der Waals surface area contributed by atoms with Crippen LogP contribution in [0.3, 0.4) is 0 Å². The second kappa shape index (κ2) is 7.42. The molecule has 1 fully saturated rings. The van der Waals surface area contributed by atoms with E-state index in [1.54, 1.807) is 16.2 Å². The van der Waals surface area contributed by atoms with Crippen molar-refractivity contribution in [1.82, 2.24) is 15.1 Å². The average molecular weight is 311 g/mol. The number of carbonyl (C=O) groups is 2. The van der Waals surface area contributed by atoms with Gasteiger partial charge in [-0.2, -0.15) is 11.3 Å². The summed E-state index contributed by atoms with van der Waals surface area (Å²) in [5.41, 5.74) is 2.35. The first-order valence-electron chi connectivity index (χ1n) is 7.05. The first kappa shape index (κ1) is 15.8. The van der Waals surface area contributed by atoms with Gasteiger partial charge in [-0.25, -0.2) is 4.79 Å². The molecule has 0 radical (unpaired) electrons. The van der Waals surface area contributed by atoms with Gasteiger partial charge in [0.05, 0.1) is 6.54 Å². The van der Waals surface area contributed by atoms with Gasteiger partial charge in [0.1, 0.15) is 0 Å². The van der Waals surface area contributed by atoms with E-state index in [1.807, 2.05) is 17.2 Å². The van der Waals surface area contributed by atoms with Crippen LogP contribution in [0, 0.1) is 6.92 Å². The number of aryl methyl sites for hydroxylation is 1. The maximum atomic E-state index is 12.2. The number of nitrogens with one attached hydrogen (secondary N) is 1. The van der Waals surface area contributed by atoms with Crippen LogP contribution in [0.4, 0.5) is 4.79 Å². The maximum absolute atomic E-state index is 12.2. The predicted octanol–water partition coefficient (Wildman–Crippen LogP) is 1.36. The first-order chi connectivity index (χ1) is 10.1. The minimum absolute atomic E-state index is 0.0452. The zero-order chi connectivity index (χ0) is 15.2. The summed E-state index contributed by atoms with van der Waals surface area (Å²) < 4.78 is 0. The number of hydrogen-bond acceptors (Lipinski definition) is 4. The van der Waals surface area contributed by atoms with Crippen LogP contribution in [0.2, 0.25) is 0 Å². The number of aliphatic carboxylic acids is 1. The third-order valence-corrected chi connectivity index (χ3v) is 4.54. The van der Waals surface area contributed by atoms with Gasteiger partial charge in [-0.05, 0) is 35.2 Å². The first-order valence-corrected chi connectivity index (χ1v) is 7.99. The van der Waals surface area contributed by atoms with Gasteiger partial charge in [0.15, 0.2) is 0 Å². The highest BCUT2D eigenvalue weighted by Gasteiger charge is 2.20. The molecule has 116 valence electrons. The molecule has 0 bridgehead atoms. The molecule has 2 rings (SSSR count). The minimum Gasteiger partial charge on any atom is -0.480 e. The number of carboxylic acids is 1. The number of nitrogens with zero attached hydrogens (tertiary/aromatic N) is 2. The summed E-state index contributed by atoms with van der Waals surface area (Å²) in [6.45, 7) is 5.20. The van der Waals surface area contributed by atoms with E-state index in [4.69, 9.17) is 5.11 Å². The minimum atomic E-state index is -0.819. The molecule has 2 heterocycles. The zero-order valence-corrected chi connectivity index (χ0v) is 13.0. The predicted molar refractivity (Wildman–Crippen MR) is 81.6 cm³/mol. The lowest BCUT2D eigenvalue weighted by molar-refractivity contribution is -0.138. The lowest BCUT2D eigenvalue weighted by atomic mass is 10.2. The van der Waals surface area contributed by atoms with Crippen LogP contribution in [-0.2, 0) is 11.3 Å². The van der Waals surface area contributed by atoms with Gasteiger partial charge in [-0.15, -0.1) is 0 Å². The Bertz CT molecular complexity index is 503. The largest absolute Gasteiger partial charge is 0.480 e. The van der Waals surface area contributed by atoms with Gasteiger partial charge < -0.3 is 15.3 Å². The number of carbonyl (C=O) groups excluding carboxylic acids is 1.